The van der Waals surface area contributed by atoms with Crippen LogP contribution in [-0.4, -0.2) is 18.2 Å². The zero-order valence-electron chi connectivity index (χ0n) is 27.9. The first-order valence-corrected chi connectivity index (χ1v) is 16.9. The van der Waals surface area contributed by atoms with E-state index < -0.39 is 0 Å². The highest BCUT2D eigenvalue weighted by atomic mass is 31.1. The van der Waals surface area contributed by atoms with E-state index in [0.717, 1.165) is 30.6 Å². The van der Waals surface area contributed by atoms with E-state index in [-0.39, 0.29) is 6.04 Å². The number of terminal acetylenes is 1. The van der Waals surface area contributed by atoms with E-state index in [1.165, 1.54) is 50.6 Å². The number of hydrogen-bond acceptors (Lipinski definition) is 3. The lowest BCUT2D eigenvalue weighted by Gasteiger charge is -2.23. The van der Waals surface area contributed by atoms with Crippen molar-refractivity contribution < 1.29 is 0 Å². The van der Waals surface area contributed by atoms with Crippen molar-refractivity contribution in [2.75, 3.05) is 18.9 Å². The van der Waals surface area contributed by atoms with Crippen molar-refractivity contribution in [2.45, 2.75) is 54.0 Å². The summed E-state index contributed by atoms with van der Waals surface area (Å²) in [5.41, 5.74) is 17.3. The number of benzene rings is 3. The lowest BCUT2D eigenvalue weighted by molar-refractivity contribution is 0.690. The number of nitrogens with one attached hydrogen (secondary N) is 1. The van der Waals surface area contributed by atoms with Crippen LogP contribution in [-0.2, 0) is 0 Å². The number of nitrogen functional groups attached to an aromatic ring is 1. The van der Waals surface area contributed by atoms with Crippen molar-refractivity contribution in [1.82, 2.24) is 10.3 Å². The third-order valence-corrected chi connectivity index (χ3v) is 9.32. The number of allylic oxidation sites excluding steroid dienone is 5. The molecule has 0 aliphatic carbocycles. The third kappa shape index (κ3) is 8.92. The number of fused-ring (bicyclic) bond motifs is 1. The second-order valence-electron chi connectivity index (χ2n) is 10.7. The SMILES string of the molecule is C#CC/C=C\c1cccc(C(NC)c2ccc3ccccc3c2N)c1C.C/C=C\c1ccnc(C2=CC=C(C)CP2)c1C.CC. The number of nitrogens with zero attached hydrogens (tertiary/aromatic N) is 1. The van der Waals surface area contributed by atoms with Crippen molar-refractivity contribution in [3.63, 3.8) is 0 Å². The van der Waals surface area contributed by atoms with Crippen molar-refractivity contribution in [1.29, 1.82) is 0 Å². The molecular weight excluding hydrogens is 565 g/mol. The van der Waals surface area contributed by atoms with Crippen molar-refractivity contribution in [3.05, 3.63) is 136 Å². The monoisotopic (exact) mass is 613 g/mol. The molecule has 45 heavy (non-hydrogen) atoms. The van der Waals surface area contributed by atoms with Gasteiger partial charge in [-0.25, -0.2) is 0 Å². The summed E-state index contributed by atoms with van der Waals surface area (Å²) in [4.78, 5) is 4.55. The van der Waals surface area contributed by atoms with Crippen LogP contribution in [0.15, 0.2) is 96.7 Å². The number of anilines is 1. The summed E-state index contributed by atoms with van der Waals surface area (Å²) in [6, 6.07) is 20.9. The fraction of sp³-hybridized carbons (Fsp3) is 0.244. The van der Waals surface area contributed by atoms with Crippen molar-refractivity contribution >= 4 is 42.5 Å². The van der Waals surface area contributed by atoms with E-state index in [1.54, 1.807) is 0 Å². The van der Waals surface area contributed by atoms with Gasteiger partial charge >= 0.3 is 0 Å². The normalized spacial score (nSPS) is 13.8. The van der Waals surface area contributed by atoms with Crippen molar-refractivity contribution in [2.24, 2.45) is 0 Å². The molecule has 1 aromatic heterocycles. The Balaban J connectivity index is 0.000000251. The molecule has 0 saturated heterocycles. The number of nitrogens with two attached hydrogens (primary N) is 1. The minimum Gasteiger partial charge on any atom is -0.398 e. The Bertz CT molecular complexity index is 1750. The standard InChI is InChI=1S/C24H24N2.C15H18NP.C2H6/c1-4-5-6-10-18-12-9-14-20(17(18)2)24(26-3)22-16-15-19-11-7-8-13-21(19)23(22)25;1-4-5-13-8-9-16-15(12(13)3)14-7-6-11(2)10-17-14;1-2/h1,6-16,24,26H,5,25H2,2-3H3;4-9,17H,10H2,1-3H3;1-2H3/b10-6-;5-4-;. The molecule has 4 heteroatoms. The highest BCUT2D eigenvalue weighted by Crippen LogP contribution is 2.39. The summed E-state index contributed by atoms with van der Waals surface area (Å²) in [5, 5.41) is 7.08. The molecule has 4 aromatic rings. The van der Waals surface area contributed by atoms with Crippen LogP contribution < -0.4 is 11.1 Å². The Hall–Kier alpha value is -4.22. The molecule has 3 aromatic carbocycles. The second-order valence-corrected chi connectivity index (χ2v) is 11.9. The molecule has 1 aliphatic rings. The molecule has 3 N–H and O–H groups in total. The quantitative estimate of drug-likeness (QED) is 0.124. The van der Waals surface area contributed by atoms with Crippen LogP contribution >= 0.6 is 8.58 Å². The van der Waals surface area contributed by atoms with Crippen LogP contribution in [0.3, 0.4) is 0 Å². The molecule has 0 radical (unpaired) electrons. The molecule has 0 saturated carbocycles. The highest BCUT2D eigenvalue weighted by Gasteiger charge is 2.19. The molecule has 0 bridgehead atoms. The Morgan fingerprint density at radius 3 is 2.38 bits per heavy atom. The summed E-state index contributed by atoms with van der Waals surface area (Å²) >= 11 is 0. The van der Waals surface area contributed by atoms with Crippen LogP contribution in [0.2, 0.25) is 0 Å². The first-order chi connectivity index (χ1) is 21.9. The fourth-order valence-electron chi connectivity index (χ4n) is 5.39. The topological polar surface area (TPSA) is 50.9 Å². The summed E-state index contributed by atoms with van der Waals surface area (Å²) in [6.45, 7) is 12.5. The van der Waals surface area contributed by atoms with E-state index >= 15 is 0 Å². The Morgan fingerprint density at radius 2 is 1.69 bits per heavy atom. The number of hydrogen-bond donors (Lipinski definition) is 2. The number of rotatable bonds is 7. The summed E-state index contributed by atoms with van der Waals surface area (Å²) in [5.74, 6) is 2.64. The Morgan fingerprint density at radius 1 is 0.933 bits per heavy atom. The van der Waals surface area contributed by atoms with E-state index in [4.69, 9.17) is 12.2 Å². The maximum absolute atomic E-state index is 6.54. The summed E-state index contributed by atoms with van der Waals surface area (Å²) < 4.78 is 0. The Labute approximate surface area is 273 Å². The average molecular weight is 614 g/mol. The van der Waals surface area contributed by atoms with E-state index in [0.29, 0.717) is 6.42 Å². The van der Waals surface area contributed by atoms with E-state index in [2.05, 4.69) is 116 Å². The van der Waals surface area contributed by atoms with Gasteiger partial charge in [-0.2, -0.15) is 0 Å². The van der Waals surface area contributed by atoms with Crippen LogP contribution in [0.25, 0.3) is 28.2 Å². The predicted octanol–water partition coefficient (Wildman–Crippen LogP) is 10.5. The Kier molecular flexibility index (Phi) is 14.0. The molecule has 3 nitrogen and oxygen atoms in total. The van der Waals surface area contributed by atoms with E-state index in [9.17, 15) is 0 Å². The molecular formula is C41H48N3P. The molecule has 2 unspecified atom stereocenters. The zero-order valence-corrected chi connectivity index (χ0v) is 28.9. The minimum absolute atomic E-state index is 0.0283. The first kappa shape index (κ1) is 35.3. The molecule has 0 amide bonds. The molecule has 0 fully saturated rings. The summed E-state index contributed by atoms with van der Waals surface area (Å²) in [6.07, 6.45) is 21.9. The first-order valence-electron chi connectivity index (χ1n) is 15.7. The molecule has 1 aliphatic heterocycles. The van der Waals surface area contributed by atoms with Gasteiger partial charge in [-0.1, -0.05) is 119 Å². The smallest absolute Gasteiger partial charge is 0.0738 e. The number of pyridine rings is 1. The molecule has 232 valence electrons. The lowest BCUT2D eigenvalue weighted by atomic mass is 9.90. The molecule has 2 atom stereocenters. The van der Waals surface area contributed by atoms with Crippen LogP contribution in [0.5, 0.6) is 0 Å². The zero-order chi connectivity index (χ0) is 32.8. The van der Waals surface area contributed by atoms with Gasteiger partial charge in [0, 0.05) is 23.7 Å². The van der Waals surface area contributed by atoms with Crippen LogP contribution in [0.1, 0.15) is 79.2 Å². The van der Waals surface area contributed by atoms with Gasteiger partial charge < -0.3 is 11.1 Å². The van der Waals surface area contributed by atoms with Gasteiger partial charge in [0.05, 0.1) is 11.7 Å². The number of aromatic nitrogens is 1. The van der Waals surface area contributed by atoms with Gasteiger partial charge in [-0.05, 0) is 91.1 Å². The van der Waals surface area contributed by atoms with Gasteiger partial charge in [0.2, 0.25) is 0 Å². The van der Waals surface area contributed by atoms with Gasteiger partial charge in [-0.15, -0.1) is 12.3 Å². The van der Waals surface area contributed by atoms with Gasteiger partial charge in [-0.3, -0.25) is 4.98 Å². The lowest BCUT2D eigenvalue weighted by Crippen LogP contribution is -2.20. The molecule has 5 rings (SSSR count). The van der Waals surface area contributed by atoms with E-state index in [1.807, 2.05) is 52.2 Å². The molecule has 2 heterocycles. The maximum Gasteiger partial charge on any atom is 0.0738 e. The maximum atomic E-state index is 6.54. The van der Waals surface area contributed by atoms with Crippen LogP contribution in [0, 0.1) is 26.2 Å². The van der Waals surface area contributed by atoms with Gasteiger partial charge in [0.1, 0.15) is 0 Å². The van der Waals surface area contributed by atoms with Gasteiger partial charge in [0.15, 0.2) is 0 Å². The van der Waals surface area contributed by atoms with Crippen LogP contribution in [0.4, 0.5) is 5.69 Å². The fourth-order valence-corrected chi connectivity index (χ4v) is 6.59. The largest absolute Gasteiger partial charge is 0.398 e. The van der Waals surface area contributed by atoms with Crippen molar-refractivity contribution in [3.8, 4) is 12.3 Å². The second kappa shape index (κ2) is 17.9. The molecule has 0 spiro atoms. The average Bonchev–Trinajstić information content (AvgIpc) is 3.07. The third-order valence-electron chi connectivity index (χ3n) is 7.81. The summed E-state index contributed by atoms with van der Waals surface area (Å²) in [7, 11) is 2.82. The highest BCUT2D eigenvalue weighted by molar-refractivity contribution is 7.50. The van der Waals surface area contributed by atoms with Gasteiger partial charge in [0.25, 0.3) is 0 Å². The minimum atomic E-state index is 0.0283. The predicted molar refractivity (Wildman–Crippen MR) is 203 cm³/mol.